The molecule has 14 heavy (non-hydrogen) atoms. The second kappa shape index (κ2) is 5.46. The summed E-state index contributed by atoms with van der Waals surface area (Å²) >= 11 is 1.53. The van der Waals surface area contributed by atoms with Crippen molar-refractivity contribution in [2.24, 2.45) is 0 Å². The predicted molar refractivity (Wildman–Crippen MR) is 58.6 cm³/mol. The Morgan fingerprint density at radius 2 is 2.14 bits per heavy atom. The minimum atomic E-state index is -0.748. The third-order valence-electron chi connectivity index (χ3n) is 2.11. The van der Waals surface area contributed by atoms with Crippen molar-refractivity contribution in [2.45, 2.75) is 25.6 Å². The average Bonchev–Trinajstić information content (AvgIpc) is 2.60. The fraction of sp³-hybridized carbons (Fsp3) is 0.600. The van der Waals surface area contributed by atoms with Crippen molar-refractivity contribution in [3.63, 3.8) is 0 Å². The van der Waals surface area contributed by atoms with E-state index in [0.717, 1.165) is 9.75 Å². The first-order valence-electron chi connectivity index (χ1n) is 4.72. The van der Waals surface area contributed by atoms with E-state index in [2.05, 4.69) is 5.32 Å². The van der Waals surface area contributed by atoms with Crippen molar-refractivity contribution >= 4 is 11.3 Å². The maximum Gasteiger partial charge on any atom is 0.114 e. The van der Waals surface area contributed by atoms with Gasteiger partial charge >= 0.3 is 0 Å². The van der Waals surface area contributed by atoms with Gasteiger partial charge in [0.1, 0.15) is 6.10 Å². The van der Waals surface area contributed by atoms with Gasteiger partial charge in [0.15, 0.2) is 0 Å². The molecule has 0 fully saturated rings. The second-order valence-corrected chi connectivity index (χ2v) is 4.67. The van der Waals surface area contributed by atoms with Gasteiger partial charge in [0.05, 0.1) is 6.10 Å². The molecule has 0 radical (unpaired) electrons. The first-order valence-corrected chi connectivity index (χ1v) is 5.54. The van der Waals surface area contributed by atoms with Gasteiger partial charge in [-0.25, -0.2) is 0 Å². The molecule has 2 unspecified atom stereocenters. The summed E-state index contributed by atoms with van der Waals surface area (Å²) in [5, 5.41) is 22.3. The van der Waals surface area contributed by atoms with E-state index in [-0.39, 0.29) is 0 Å². The van der Waals surface area contributed by atoms with Crippen LogP contribution in [0.2, 0.25) is 0 Å². The number of hydrogen-bond donors (Lipinski definition) is 3. The molecule has 1 rings (SSSR count). The summed E-state index contributed by atoms with van der Waals surface area (Å²) in [5.74, 6) is 0. The fourth-order valence-electron chi connectivity index (χ4n) is 1.25. The molecular formula is C10H17NO2S. The molecule has 1 aromatic rings. The predicted octanol–water partition coefficient (Wildman–Crippen LogP) is 1.06. The highest BCUT2D eigenvalue weighted by atomic mass is 32.1. The molecule has 0 aliphatic rings. The van der Waals surface area contributed by atoms with Crippen molar-refractivity contribution in [3.8, 4) is 0 Å². The zero-order valence-electron chi connectivity index (χ0n) is 8.53. The molecule has 1 heterocycles. The fourth-order valence-corrected chi connectivity index (χ4v) is 2.17. The summed E-state index contributed by atoms with van der Waals surface area (Å²) in [6, 6.07) is 3.82. The molecule has 80 valence electrons. The lowest BCUT2D eigenvalue weighted by molar-refractivity contribution is 0.0161. The van der Waals surface area contributed by atoms with Crippen molar-refractivity contribution in [3.05, 3.63) is 21.9 Å². The van der Waals surface area contributed by atoms with E-state index in [1.54, 1.807) is 0 Å². The van der Waals surface area contributed by atoms with Crippen LogP contribution in [0.25, 0.3) is 0 Å². The van der Waals surface area contributed by atoms with Crippen LogP contribution in [0.3, 0.4) is 0 Å². The van der Waals surface area contributed by atoms with E-state index in [1.807, 2.05) is 26.1 Å². The van der Waals surface area contributed by atoms with Crippen LogP contribution < -0.4 is 5.32 Å². The molecule has 0 aliphatic heterocycles. The molecule has 4 heteroatoms. The Hall–Kier alpha value is -0.420. The van der Waals surface area contributed by atoms with E-state index >= 15 is 0 Å². The van der Waals surface area contributed by atoms with Gasteiger partial charge in [-0.15, -0.1) is 11.3 Å². The molecule has 0 saturated heterocycles. The van der Waals surface area contributed by atoms with Crippen molar-refractivity contribution in [1.82, 2.24) is 5.32 Å². The Morgan fingerprint density at radius 3 is 2.64 bits per heavy atom. The largest absolute Gasteiger partial charge is 0.390 e. The first-order chi connectivity index (χ1) is 6.65. The Labute approximate surface area is 88.4 Å². The third-order valence-corrected chi connectivity index (χ3v) is 3.18. The van der Waals surface area contributed by atoms with E-state index < -0.39 is 12.2 Å². The minimum Gasteiger partial charge on any atom is -0.390 e. The van der Waals surface area contributed by atoms with E-state index in [4.69, 9.17) is 0 Å². The lowest BCUT2D eigenvalue weighted by atomic mass is 10.1. The highest BCUT2D eigenvalue weighted by Gasteiger charge is 2.18. The number of aliphatic hydroxyl groups is 2. The second-order valence-electron chi connectivity index (χ2n) is 3.35. The average molecular weight is 215 g/mol. The molecule has 0 saturated carbocycles. The van der Waals surface area contributed by atoms with Crippen LogP contribution in [0.4, 0.5) is 0 Å². The van der Waals surface area contributed by atoms with Crippen LogP contribution in [-0.2, 0) is 0 Å². The molecule has 2 atom stereocenters. The van der Waals surface area contributed by atoms with E-state index in [1.165, 1.54) is 11.3 Å². The van der Waals surface area contributed by atoms with E-state index in [9.17, 15) is 10.2 Å². The standard InChI is InChI=1S/C10H17NO2S/c1-7-3-4-9(14-7)10(13)8(12)5-6-11-2/h3-4,8,10-13H,5-6H2,1-2H3. The molecule has 0 amide bonds. The lowest BCUT2D eigenvalue weighted by Gasteiger charge is -2.15. The van der Waals surface area contributed by atoms with Crippen molar-refractivity contribution in [2.75, 3.05) is 13.6 Å². The Bertz CT molecular complexity index is 275. The highest BCUT2D eigenvalue weighted by Crippen LogP contribution is 2.25. The summed E-state index contributed by atoms with van der Waals surface area (Å²) in [6.45, 7) is 2.70. The molecule has 0 aromatic carbocycles. The summed E-state index contributed by atoms with van der Waals surface area (Å²) in [6.07, 6.45) is -0.864. The Morgan fingerprint density at radius 1 is 1.43 bits per heavy atom. The number of hydrogen-bond acceptors (Lipinski definition) is 4. The van der Waals surface area contributed by atoms with Gasteiger partial charge in [0.25, 0.3) is 0 Å². The van der Waals surface area contributed by atoms with Gasteiger partial charge in [-0.2, -0.15) is 0 Å². The van der Waals surface area contributed by atoms with Crippen molar-refractivity contribution in [1.29, 1.82) is 0 Å². The topological polar surface area (TPSA) is 52.5 Å². The number of nitrogens with one attached hydrogen (secondary N) is 1. The third kappa shape index (κ3) is 3.06. The lowest BCUT2D eigenvalue weighted by Crippen LogP contribution is -2.22. The molecule has 0 aliphatic carbocycles. The number of aryl methyl sites for hydroxylation is 1. The molecular weight excluding hydrogens is 198 g/mol. The van der Waals surface area contributed by atoms with Gasteiger partial charge in [0, 0.05) is 9.75 Å². The van der Waals surface area contributed by atoms with Crippen LogP contribution in [0.5, 0.6) is 0 Å². The summed E-state index contributed by atoms with van der Waals surface area (Å²) in [7, 11) is 1.83. The first kappa shape index (κ1) is 11.7. The SMILES string of the molecule is CNCCC(O)C(O)c1ccc(C)s1. The summed E-state index contributed by atoms with van der Waals surface area (Å²) in [4.78, 5) is 1.99. The normalized spacial score (nSPS) is 15.4. The molecule has 3 N–H and O–H groups in total. The van der Waals surface area contributed by atoms with Crippen LogP contribution in [0, 0.1) is 6.92 Å². The number of aliphatic hydroxyl groups excluding tert-OH is 2. The van der Waals surface area contributed by atoms with Crippen molar-refractivity contribution < 1.29 is 10.2 Å². The van der Waals surface area contributed by atoms with E-state index in [0.29, 0.717) is 13.0 Å². The maximum atomic E-state index is 9.76. The molecule has 0 spiro atoms. The number of thiophene rings is 1. The Balaban J connectivity index is 2.51. The van der Waals surface area contributed by atoms with Crippen LogP contribution >= 0.6 is 11.3 Å². The van der Waals surface area contributed by atoms with Crippen LogP contribution in [0.15, 0.2) is 12.1 Å². The minimum absolute atomic E-state index is 0.564. The zero-order chi connectivity index (χ0) is 10.6. The summed E-state index contributed by atoms with van der Waals surface area (Å²) < 4.78 is 0. The highest BCUT2D eigenvalue weighted by molar-refractivity contribution is 7.12. The van der Waals surface area contributed by atoms with Gasteiger partial charge in [-0.1, -0.05) is 0 Å². The smallest absolute Gasteiger partial charge is 0.114 e. The molecule has 3 nitrogen and oxygen atoms in total. The van der Waals surface area contributed by atoms with Gasteiger partial charge in [-0.3, -0.25) is 0 Å². The Kier molecular flexibility index (Phi) is 4.54. The summed E-state index contributed by atoms with van der Waals surface area (Å²) in [5.41, 5.74) is 0. The monoisotopic (exact) mass is 215 g/mol. The zero-order valence-corrected chi connectivity index (χ0v) is 9.34. The molecule has 1 aromatic heterocycles. The number of rotatable bonds is 5. The maximum absolute atomic E-state index is 9.76. The molecule has 0 bridgehead atoms. The van der Waals surface area contributed by atoms with Crippen LogP contribution in [-0.4, -0.2) is 29.9 Å². The van der Waals surface area contributed by atoms with Gasteiger partial charge in [0.2, 0.25) is 0 Å². The van der Waals surface area contributed by atoms with Crippen LogP contribution in [0.1, 0.15) is 22.3 Å². The van der Waals surface area contributed by atoms with Gasteiger partial charge in [-0.05, 0) is 39.1 Å². The quantitative estimate of drug-likeness (QED) is 0.688. The van der Waals surface area contributed by atoms with Gasteiger partial charge < -0.3 is 15.5 Å².